The van der Waals surface area contributed by atoms with Crippen LogP contribution < -0.4 is 10.9 Å². The third kappa shape index (κ3) is 4.20. The van der Waals surface area contributed by atoms with Gasteiger partial charge in [0, 0.05) is 17.5 Å². The van der Waals surface area contributed by atoms with Crippen LogP contribution in [-0.4, -0.2) is 29.0 Å². The summed E-state index contributed by atoms with van der Waals surface area (Å²) in [6.45, 7) is 3.17. The average Bonchev–Trinajstić information content (AvgIpc) is 2.97. The van der Waals surface area contributed by atoms with Crippen molar-refractivity contribution >= 4 is 50.9 Å². The summed E-state index contributed by atoms with van der Waals surface area (Å²) < 4.78 is 4.76. The lowest BCUT2D eigenvalue weighted by atomic mass is 10.2. The van der Waals surface area contributed by atoms with E-state index in [2.05, 4.69) is 15.3 Å². The van der Waals surface area contributed by atoms with Gasteiger partial charge in [0.25, 0.3) is 5.56 Å². The summed E-state index contributed by atoms with van der Waals surface area (Å²) in [4.78, 5) is 44.4. The number of carbonyl (C=O) groups excluding carboxylic acids is 2. The number of thioether (sulfide) groups is 1. The Balaban J connectivity index is 1.80. The molecule has 7 nitrogen and oxygen atoms in total. The highest BCUT2D eigenvalue weighted by Crippen LogP contribution is 2.29. The zero-order valence-corrected chi connectivity index (χ0v) is 16.5. The van der Waals surface area contributed by atoms with Gasteiger partial charge in [0.1, 0.15) is 15.5 Å². The zero-order chi connectivity index (χ0) is 19.6. The Morgan fingerprint density at radius 2 is 2.00 bits per heavy atom. The number of methoxy groups -OCH3 is 1. The number of amides is 1. The average molecular weight is 403 g/mol. The minimum atomic E-state index is -0.468. The number of thiophene rings is 1. The van der Waals surface area contributed by atoms with Crippen molar-refractivity contribution in [2.75, 3.05) is 12.4 Å². The highest BCUT2D eigenvalue weighted by atomic mass is 32.2. The maximum absolute atomic E-state index is 12.4. The van der Waals surface area contributed by atoms with Crippen molar-refractivity contribution < 1.29 is 14.3 Å². The molecular formula is C18H17N3O4S2. The number of aromatic nitrogens is 2. The number of anilines is 1. The molecule has 2 N–H and O–H groups in total. The number of esters is 1. The van der Waals surface area contributed by atoms with E-state index in [1.165, 1.54) is 25.8 Å². The van der Waals surface area contributed by atoms with Crippen molar-refractivity contribution in [1.82, 2.24) is 9.97 Å². The Hall–Kier alpha value is -2.65. The van der Waals surface area contributed by atoms with Gasteiger partial charge in [0.05, 0.1) is 18.2 Å². The summed E-state index contributed by atoms with van der Waals surface area (Å²) in [5, 5.41) is 3.14. The molecule has 0 bridgehead atoms. The molecule has 0 saturated carbocycles. The number of ether oxygens (including phenoxy) is 1. The molecule has 0 saturated heterocycles. The number of carbonyl (C=O) groups is 2. The number of fused-ring (bicyclic) bond motifs is 1. The summed E-state index contributed by atoms with van der Waals surface area (Å²) in [6.07, 6.45) is 0. The first-order chi connectivity index (χ1) is 12.9. The van der Waals surface area contributed by atoms with Gasteiger partial charge in [0.2, 0.25) is 5.91 Å². The van der Waals surface area contributed by atoms with Gasteiger partial charge in [-0.1, -0.05) is 0 Å². The smallest absolute Gasteiger partial charge is 0.348 e. The molecule has 2 heterocycles. The molecule has 0 unspecified atom stereocenters. The molecule has 27 heavy (non-hydrogen) atoms. The van der Waals surface area contributed by atoms with Crippen LogP contribution in [0.15, 0.2) is 34.0 Å². The number of hydrogen-bond donors (Lipinski definition) is 2. The van der Waals surface area contributed by atoms with Gasteiger partial charge in [-0.05, 0) is 36.8 Å². The van der Waals surface area contributed by atoms with Crippen LogP contribution in [0, 0.1) is 6.92 Å². The number of benzene rings is 1. The molecule has 3 aromatic rings. The van der Waals surface area contributed by atoms with E-state index in [1.807, 2.05) is 24.3 Å². The maximum atomic E-state index is 12.4. The Morgan fingerprint density at radius 3 is 2.63 bits per heavy atom. The van der Waals surface area contributed by atoms with Crippen molar-refractivity contribution in [1.29, 1.82) is 0 Å². The molecule has 140 valence electrons. The topological polar surface area (TPSA) is 101 Å². The fourth-order valence-corrected chi connectivity index (χ4v) is 4.42. The Labute approximate surface area is 163 Å². The molecule has 0 aliphatic rings. The zero-order valence-electron chi connectivity index (χ0n) is 14.9. The molecule has 0 fully saturated rings. The first kappa shape index (κ1) is 19.1. The second-order valence-corrected chi connectivity index (χ2v) is 7.78. The van der Waals surface area contributed by atoms with Crippen LogP contribution >= 0.6 is 23.1 Å². The minimum absolute atomic E-state index is 0.122. The first-order valence-electron chi connectivity index (χ1n) is 8.00. The van der Waals surface area contributed by atoms with Crippen LogP contribution in [0.2, 0.25) is 0 Å². The fraction of sp³-hybridized carbons (Fsp3) is 0.222. The maximum Gasteiger partial charge on any atom is 0.348 e. The first-order valence-corrected chi connectivity index (χ1v) is 9.80. The highest BCUT2D eigenvalue weighted by Gasteiger charge is 2.19. The molecule has 2 aromatic heterocycles. The van der Waals surface area contributed by atoms with E-state index in [0.717, 1.165) is 21.9 Å². The fourth-order valence-electron chi connectivity index (χ4n) is 2.53. The number of nitrogens with zero attached hydrogens (tertiary/aromatic N) is 1. The second-order valence-electron chi connectivity index (χ2n) is 5.73. The van der Waals surface area contributed by atoms with Gasteiger partial charge in [0.15, 0.2) is 0 Å². The van der Waals surface area contributed by atoms with E-state index in [0.29, 0.717) is 32.2 Å². The second kappa shape index (κ2) is 7.93. The molecule has 1 amide bonds. The van der Waals surface area contributed by atoms with Crippen LogP contribution in [0.5, 0.6) is 0 Å². The van der Waals surface area contributed by atoms with Crippen molar-refractivity contribution in [3.05, 3.63) is 50.9 Å². The van der Waals surface area contributed by atoms with Crippen LogP contribution in [0.25, 0.3) is 10.2 Å². The minimum Gasteiger partial charge on any atom is -0.465 e. The van der Waals surface area contributed by atoms with Gasteiger partial charge in [-0.2, -0.15) is 0 Å². The molecule has 0 radical (unpaired) electrons. The predicted octanol–water partition coefficient (Wildman–Crippen LogP) is 3.33. The van der Waals surface area contributed by atoms with E-state index in [1.54, 1.807) is 6.92 Å². The van der Waals surface area contributed by atoms with Gasteiger partial charge in [-0.25, -0.2) is 9.78 Å². The number of nitrogens with one attached hydrogen (secondary N) is 2. The molecule has 3 rings (SSSR count). The summed E-state index contributed by atoms with van der Waals surface area (Å²) in [6, 6.07) is 7.40. The SMILES string of the molecule is COC(=O)c1sc2nc(CSc3ccc(NC(C)=O)cc3)[nH]c(=O)c2c1C. The van der Waals surface area contributed by atoms with Crippen LogP contribution in [0.1, 0.15) is 28.0 Å². The normalized spacial score (nSPS) is 10.8. The summed E-state index contributed by atoms with van der Waals surface area (Å²) in [7, 11) is 1.31. The molecular weight excluding hydrogens is 386 g/mol. The molecule has 1 aromatic carbocycles. The monoisotopic (exact) mass is 403 g/mol. The van der Waals surface area contributed by atoms with Crippen LogP contribution in [0.3, 0.4) is 0 Å². The predicted molar refractivity (Wildman–Crippen MR) is 107 cm³/mol. The quantitative estimate of drug-likeness (QED) is 0.501. The molecule has 0 spiro atoms. The Kier molecular flexibility index (Phi) is 5.62. The van der Waals surface area contributed by atoms with Crippen molar-refractivity contribution in [3.8, 4) is 0 Å². The lowest BCUT2D eigenvalue weighted by molar-refractivity contribution is -0.114. The van der Waals surface area contributed by atoms with Gasteiger partial charge in [-0.15, -0.1) is 23.1 Å². The van der Waals surface area contributed by atoms with Crippen molar-refractivity contribution in [3.63, 3.8) is 0 Å². The molecule has 9 heteroatoms. The van der Waals surface area contributed by atoms with Gasteiger partial charge >= 0.3 is 5.97 Å². The lowest BCUT2D eigenvalue weighted by Crippen LogP contribution is -2.11. The number of H-pyrrole nitrogens is 1. The van der Waals surface area contributed by atoms with Crippen molar-refractivity contribution in [2.45, 2.75) is 24.5 Å². The largest absolute Gasteiger partial charge is 0.465 e. The molecule has 0 atom stereocenters. The van der Waals surface area contributed by atoms with Crippen LogP contribution in [-0.2, 0) is 15.3 Å². The van der Waals surface area contributed by atoms with Gasteiger partial charge < -0.3 is 15.0 Å². The van der Waals surface area contributed by atoms with E-state index in [4.69, 9.17) is 4.74 Å². The third-order valence-corrected chi connectivity index (χ3v) is 5.96. The molecule has 0 aliphatic heterocycles. The number of rotatable bonds is 5. The van der Waals surface area contributed by atoms with Crippen molar-refractivity contribution in [2.24, 2.45) is 0 Å². The lowest BCUT2D eigenvalue weighted by Gasteiger charge is -2.04. The molecule has 0 aliphatic carbocycles. The van der Waals surface area contributed by atoms with E-state index in [9.17, 15) is 14.4 Å². The Bertz CT molecular complexity index is 1070. The highest BCUT2D eigenvalue weighted by molar-refractivity contribution is 7.98. The number of aryl methyl sites for hydroxylation is 1. The summed E-state index contributed by atoms with van der Waals surface area (Å²) in [5.41, 5.74) is 1.05. The van der Waals surface area contributed by atoms with E-state index < -0.39 is 5.97 Å². The Morgan fingerprint density at radius 1 is 1.30 bits per heavy atom. The number of hydrogen-bond acceptors (Lipinski definition) is 7. The van der Waals surface area contributed by atoms with E-state index in [-0.39, 0.29) is 11.5 Å². The van der Waals surface area contributed by atoms with E-state index >= 15 is 0 Å². The summed E-state index contributed by atoms with van der Waals surface area (Å²) in [5.74, 6) is 0.407. The van der Waals surface area contributed by atoms with Crippen LogP contribution in [0.4, 0.5) is 5.69 Å². The van der Waals surface area contributed by atoms with Gasteiger partial charge in [-0.3, -0.25) is 9.59 Å². The number of aromatic amines is 1. The standard InChI is InChI=1S/C18H17N3O4S2/c1-9-14-16(23)20-13(21-17(14)27-15(9)18(24)25-3)8-26-12-6-4-11(5-7-12)19-10(2)22/h4-7H,8H2,1-3H3,(H,19,22)(H,20,21,23). The summed E-state index contributed by atoms with van der Waals surface area (Å²) >= 11 is 2.67. The third-order valence-electron chi connectivity index (χ3n) is 3.77.